The summed E-state index contributed by atoms with van der Waals surface area (Å²) in [6, 6.07) is 9.14. The van der Waals surface area contributed by atoms with Crippen molar-refractivity contribution in [2.24, 2.45) is 11.3 Å². The minimum absolute atomic E-state index is 0.419. The van der Waals surface area contributed by atoms with Crippen molar-refractivity contribution in [3.8, 4) is 0 Å². The zero-order valence-corrected chi connectivity index (χ0v) is 13.8. The van der Waals surface area contributed by atoms with Crippen molar-refractivity contribution < 1.29 is 0 Å². The van der Waals surface area contributed by atoms with Gasteiger partial charge in [-0.2, -0.15) is 0 Å². The maximum atomic E-state index is 2.44. The molecule has 2 aliphatic rings. The van der Waals surface area contributed by atoms with Crippen LogP contribution in [0.15, 0.2) is 48.2 Å². The van der Waals surface area contributed by atoms with Crippen molar-refractivity contribution in [1.29, 1.82) is 0 Å². The predicted molar refractivity (Wildman–Crippen MR) is 90.3 cm³/mol. The van der Waals surface area contributed by atoms with Gasteiger partial charge in [0.15, 0.2) is 0 Å². The van der Waals surface area contributed by atoms with Gasteiger partial charge in [0.1, 0.15) is 0 Å². The lowest BCUT2D eigenvalue weighted by Crippen LogP contribution is -2.21. The van der Waals surface area contributed by atoms with E-state index in [2.05, 4.69) is 75.2 Å². The monoisotopic (exact) mass is 281 g/mol. The molecule has 1 heteroatoms. The Hall–Kier alpha value is -1.50. The molecule has 0 N–H and O–H groups in total. The molecule has 0 aromatic heterocycles. The summed E-state index contributed by atoms with van der Waals surface area (Å²) >= 11 is 0. The van der Waals surface area contributed by atoms with E-state index in [0.29, 0.717) is 11.3 Å². The van der Waals surface area contributed by atoms with Crippen LogP contribution in [-0.4, -0.2) is 18.5 Å². The summed E-state index contributed by atoms with van der Waals surface area (Å²) in [5.41, 5.74) is 4.68. The molecule has 1 aromatic rings. The molecule has 1 fully saturated rings. The van der Waals surface area contributed by atoms with E-state index < -0.39 is 0 Å². The second kappa shape index (κ2) is 5.36. The van der Waals surface area contributed by atoms with Crippen LogP contribution in [0, 0.1) is 18.3 Å². The molecule has 1 nitrogen and oxygen atoms in total. The van der Waals surface area contributed by atoms with E-state index in [0.717, 1.165) is 12.5 Å². The van der Waals surface area contributed by atoms with Crippen LogP contribution in [0.2, 0.25) is 0 Å². The highest BCUT2D eigenvalue weighted by molar-refractivity contribution is 5.34. The molecule has 112 valence electrons. The first-order valence-electron chi connectivity index (χ1n) is 8.14. The van der Waals surface area contributed by atoms with Crippen LogP contribution < -0.4 is 0 Å². The van der Waals surface area contributed by atoms with E-state index in [1.54, 1.807) is 0 Å². The van der Waals surface area contributed by atoms with Gasteiger partial charge in [0.2, 0.25) is 0 Å². The number of benzene rings is 1. The van der Waals surface area contributed by atoms with Crippen molar-refractivity contribution >= 4 is 0 Å². The first-order chi connectivity index (χ1) is 10.00. The van der Waals surface area contributed by atoms with Crippen molar-refractivity contribution in [3.05, 3.63) is 59.3 Å². The average Bonchev–Trinajstić information content (AvgIpc) is 3.02. The van der Waals surface area contributed by atoms with Gasteiger partial charge < -0.3 is 4.90 Å². The second-order valence-corrected chi connectivity index (χ2v) is 7.31. The molecule has 0 spiro atoms. The standard InChI is InChI=1S/C20H27N/c1-15-10-12-16(13-11-15)19-18(20(19,2)3)14-21(4)17-8-6-5-7-9-17/h6,8-13,18-19H,5,7,14H2,1-4H3. The molecule has 0 heterocycles. The fourth-order valence-corrected chi connectivity index (χ4v) is 3.80. The lowest BCUT2D eigenvalue weighted by molar-refractivity contribution is 0.374. The molecule has 2 atom stereocenters. The minimum atomic E-state index is 0.419. The molecular formula is C20H27N. The Kier molecular flexibility index (Phi) is 3.69. The first kappa shape index (κ1) is 14.4. The van der Waals surface area contributed by atoms with E-state index in [1.165, 1.54) is 29.7 Å². The van der Waals surface area contributed by atoms with E-state index in [-0.39, 0.29) is 0 Å². The quantitative estimate of drug-likeness (QED) is 0.758. The van der Waals surface area contributed by atoms with Gasteiger partial charge in [0, 0.05) is 19.3 Å². The van der Waals surface area contributed by atoms with E-state index in [1.807, 2.05) is 0 Å². The third-order valence-electron chi connectivity index (χ3n) is 5.37. The van der Waals surface area contributed by atoms with E-state index in [4.69, 9.17) is 0 Å². The number of likely N-dealkylation sites (N-methyl/N-ethyl adjacent to an activating group) is 1. The van der Waals surface area contributed by atoms with Gasteiger partial charge in [0.05, 0.1) is 0 Å². The molecule has 2 aliphatic carbocycles. The SMILES string of the molecule is Cc1ccc(C2C(CN(C)C3=CCCC=C3)C2(C)C)cc1. The molecular weight excluding hydrogens is 254 g/mol. The summed E-state index contributed by atoms with van der Waals surface area (Å²) in [5.74, 6) is 1.45. The number of aryl methyl sites for hydroxylation is 1. The Balaban J connectivity index is 1.70. The molecule has 0 radical (unpaired) electrons. The summed E-state index contributed by atoms with van der Waals surface area (Å²) in [6.07, 6.45) is 9.32. The third-order valence-corrected chi connectivity index (χ3v) is 5.37. The van der Waals surface area contributed by atoms with Gasteiger partial charge >= 0.3 is 0 Å². The molecule has 1 saturated carbocycles. The maximum absolute atomic E-state index is 2.44. The van der Waals surface area contributed by atoms with Gasteiger partial charge in [-0.25, -0.2) is 0 Å². The molecule has 0 bridgehead atoms. The maximum Gasteiger partial charge on any atom is 0.0320 e. The summed E-state index contributed by atoms with van der Waals surface area (Å²) in [7, 11) is 2.24. The Morgan fingerprint density at radius 3 is 2.48 bits per heavy atom. The molecule has 21 heavy (non-hydrogen) atoms. The van der Waals surface area contributed by atoms with Gasteiger partial charge in [-0.15, -0.1) is 0 Å². The summed E-state index contributed by atoms with van der Waals surface area (Å²) in [4.78, 5) is 2.44. The zero-order valence-electron chi connectivity index (χ0n) is 13.8. The van der Waals surface area contributed by atoms with Crippen LogP contribution in [0.4, 0.5) is 0 Å². The largest absolute Gasteiger partial charge is 0.375 e. The highest BCUT2D eigenvalue weighted by Gasteiger charge is 2.58. The predicted octanol–water partition coefficient (Wildman–Crippen LogP) is 4.90. The number of rotatable bonds is 4. The van der Waals surface area contributed by atoms with Crippen LogP contribution in [0.1, 0.15) is 43.7 Å². The lowest BCUT2D eigenvalue weighted by Gasteiger charge is -2.23. The number of hydrogen-bond acceptors (Lipinski definition) is 1. The van der Waals surface area contributed by atoms with Gasteiger partial charge in [0.25, 0.3) is 0 Å². The Bertz CT molecular complexity index is 562. The fourth-order valence-electron chi connectivity index (χ4n) is 3.80. The van der Waals surface area contributed by atoms with E-state index in [9.17, 15) is 0 Å². The molecule has 0 saturated heterocycles. The highest BCUT2D eigenvalue weighted by Crippen LogP contribution is 2.64. The smallest absolute Gasteiger partial charge is 0.0320 e. The molecule has 1 aromatic carbocycles. The van der Waals surface area contributed by atoms with Crippen molar-refractivity contribution in [2.45, 2.75) is 39.5 Å². The lowest BCUT2D eigenvalue weighted by atomic mass is 10.0. The van der Waals surface area contributed by atoms with Crippen molar-refractivity contribution in [3.63, 3.8) is 0 Å². The average molecular weight is 281 g/mol. The fraction of sp³-hybridized carbons (Fsp3) is 0.500. The topological polar surface area (TPSA) is 3.24 Å². The van der Waals surface area contributed by atoms with Crippen LogP contribution in [0.25, 0.3) is 0 Å². The molecule has 2 unspecified atom stereocenters. The normalized spacial score (nSPS) is 26.4. The number of nitrogens with zero attached hydrogens (tertiary/aromatic N) is 1. The highest BCUT2D eigenvalue weighted by atomic mass is 15.1. The van der Waals surface area contributed by atoms with Crippen molar-refractivity contribution in [1.82, 2.24) is 4.90 Å². The third kappa shape index (κ3) is 2.79. The van der Waals surface area contributed by atoms with Crippen LogP contribution in [0.3, 0.4) is 0 Å². The van der Waals surface area contributed by atoms with Crippen LogP contribution >= 0.6 is 0 Å². The van der Waals surface area contributed by atoms with Crippen molar-refractivity contribution in [2.75, 3.05) is 13.6 Å². The Morgan fingerprint density at radius 2 is 1.86 bits per heavy atom. The van der Waals surface area contributed by atoms with Crippen LogP contribution in [-0.2, 0) is 0 Å². The first-order valence-corrected chi connectivity index (χ1v) is 8.14. The molecule has 0 amide bonds. The Labute approximate surface area is 129 Å². The second-order valence-electron chi connectivity index (χ2n) is 7.31. The zero-order chi connectivity index (χ0) is 15.0. The molecule has 0 aliphatic heterocycles. The number of allylic oxidation sites excluding steroid dienone is 3. The van der Waals surface area contributed by atoms with Crippen LogP contribution in [0.5, 0.6) is 0 Å². The molecule has 3 rings (SSSR count). The summed E-state index contributed by atoms with van der Waals surface area (Å²) < 4.78 is 0. The number of hydrogen-bond donors (Lipinski definition) is 0. The summed E-state index contributed by atoms with van der Waals surface area (Å²) in [6.45, 7) is 8.15. The summed E-state index contributed by atoms with van der Waals surface area (Å²) in [5, 5.41) is 0. The van der Waals surface area contributed by atoms with Gasteiger partial charge in [-0.05, 0) is 48.7 Å². The van der Waals surface area contributed by atoms with E-state index >= 15 is 0 Å². The van der Waals surface area contributed by atoms with Gasteiger partial charge in [-0.3, -0.25) is 0 Å². The minimum Gasteiger partial charge on any atom is -0.375 e. The Morgan fingerprint density at radius 1 is 1.14 bits per heavy atom. The van der Waals surface area contributed by atoms with Gasteiger partial charge in [-0.1, -0.05) is 55.8 Å².